The van der Waals surface area contributed by atoms with Crippen LogP contribution < -0.4 is 11.1 Å². The molecule has 4 atom stereocenters. The Hall–Kier alpha value is -1.36. The zero-order chi connectivity index (χ0) is 19.3. The van der Waals surface area contributed by atoms with Gasteiger partial charge in [0.15, 0.2) is 0 Å². The maximum absolute atomic E-state index is 12.9. The number of amides is 2. The summed E-state index contributed by atoms with van der Waals surface area (Å²) in [4.78, 5) is 26.4. The van der Waals surface area contributed by atoms with Gasteiger partial charge in [-0.05, 0) is 67.3 Å². The lowest BCUT2D eigenvalue weighted by molar-refractivity contribution is -0.121. The molecule has 0 unspecified atom stereocenters. The summed E-state index contributed by atoms with van der Waals surface area (Å²) in [6, 6.07) is 0. The molecule has 1 aromatic heterocycles. The van der Waals surface area contributed by atoms with Gasteiger partial charge >= 0.3 is 0 Å². The fourth-order valence-electron chi connectivity index (χ4n) is 5.66. The summed E-state index contributed by atoms with van der Waals surface area (Å²) >= 11 is 1.60. The van der Waals surface area contributed by atoms with Crippen LogP contribution in [0.1, 0.15) is 80.1 Å². The van der Waals surface area contributed by atoms with E-state index in [9.17, 15) is 9.59 Å². The third-order valence-electron chi connectivity index (χ3n) is 7.84. The average Bonchev–Trinajstić information content (AvgIpc) is 3.34. The molecule has 1 aromatic rings. The zero-order valence-electron chi connectivity index (χ0n) is 16.8. The first kappa shape index (κ1) is 19.0. The fourth-order valence-corrected chi connectivity index (χ4v) is 7.00. The van der Waals surface area contributed by atoms with E-state index < -0.39 is 5.91 Å². The lowest BCUT2D eigenvalue weighted by Crippen LogP contribution is -2.29. The number of carbonyl (C=O) groups is 2. The highest BCUT2D eigenvalue weighted by molar-refractivity contribution is 7.17. The number of fused-ring (bicyclic) bond motifs is 3. The Labute approximate surface area is 166 Å². The minimum atomic E-state index is -0.399. The van der Waals surface area contributed by atoms with Gasteiger partial charge in [0.1, 0.15) is 5.00 Å². The number of anilines is 1. The monoisotopic (exact) mass is 388 g/mol. The van der Waals surface area contributed by atoms with Crippen LogP contribution in [0, 0.1) is 29.1 Å². The van der Waals surface area contributed by atoms with Crippen molar-refractivity contribution < 1.29 is 9.59 Å². The Morgan fingerprint density at radius 3 is 2.59 bits per heavy atom. The summed E-state index contributed by atoms with van der Waals surface area (Å²) < 4.78 is 0. The molecule has 5 heteroatoms. The number of rotatable bonds is 5. The number of primary amides is 1. The van der Waals surface area contributed by atoms with Crippen molar-refractivity contribution in [3.63, 3.8) is 0 Å². The topological polar surface area (TPSA) is 72.2 Å². The first-order chi connectivity index (χ1) is 12.8. The largest absolute Gasteiger partial charge is 0.365 e. The van der Waals surface area contributed by atoms with Gasteiger partial charge in [-0.15, -0.1) is 11.3 Å². The number of nitrogens with one attached hydrogen (secondary N) is 1. The predicted molar refractivity (Wildman–Crippen MR) is 110 cm³/mol. The van der Waals surface area contributed by atoms with Crippen LogP contribution in [0.25, 0.3) is 0 Å². The Morgan fingerprint density at radius 1 is 1.22 bits per heavy atom. The van der Waals surface area contributed by atoms with E-state index >= 15 is 0 Å². The summed E-state index contributed by atoms with van der Waals surface area (Å²) in [6.45, 7) is 6.92. The zero-order valence-corrected chi connectivity index (χ0v) is 17.6. The maximum Gasteiger partial charge on any atom is 0.251 e. The van der Waals surface area contributed by atoms with Gasteiger partial charge < -0.3 is 11.1 Å². The van der Waals surface area contributed by atoms with E-state index in [2.05, 4.69) is 26.1 Å². The standard InChI is InChI=1S/C22H32N2O2S/c1-4-22(2,3)14-7-8-15-17(11-14)27-21(18(15)19(23)25)24-20(26)16-10-12-5-6-13(16)9-12/h12-14,16H,4-11H2,1-3H3,(H2,23,25)(H,24,26)/t12-,13-,14+,16-/m1/s1. The van der Waals surface area contributed by atoms with Gasteiger partial charge in [-0.1, -0.05) is 33.6 Å². The molecule has 3 aliphatic rings. The molecule has 0 aliphatic heterocycles. The summed E-state index contributed by atoms with van der Waals surface area (Å²) in [7, 11) is 0. The molecule has 2 bridgehead atoms. The molecule has 2 fully saturated rings. The van der Waals surface area contributed by atoms with Crippen LogP contribution >= 0.6 is 11.3 Å². The maximum atomic E-state index is 12.9. The van der Waals surface area contributed by atoms with E-state index in [-0.39, 0.29) is 11.8 Å². The van der Waals surface area contributed by atoms with Crippen LogP contribution in [-0.2, 0) is 17.6 Å². The normalized spacial score (nSPS) is 29.6. The fraction of sp³-hybridized carbons (Fsp3) is 0.727. The second-order valence-corrected chi connectivity index (χ2v) is 10.7. The quantitative estimate of drug-likeness (QED) is 0.763. The van der Waals surface area contributed by atoms with Crippen molar-refractivity contribution >= 4 is 28.2 Å². The number of nitrogens with two attached hydrogens (primary N) is 1. The van der Waals surface area contributed by atoms with E-state index in [0.717, 1.165) is 43.6 Å². The van der Waals surface area contributed by atoms with Gasteiger partial charge in [0.2, 0.25) is 5.91 Å². The Balaban J connectivity index is 1.57. The van der Waals surface area contributed by atoms with Crippen molar-refractivity contribution in [3.8, 4) is 0 Å². The smallest absolute Gasteiger partial charge is 0.251 e. The van der Waals surface area contributed by atoms with Crippen LogP contribution in [0.4, 0.5) is 5.00 Å². The van der Waals surface area contributed by atoms with E-state index in [0.29, 0.717) is 27.8 Å². The second kappa shape index (κ2) is 6.91. The second-order valence-electron chi connectivity index (χ2n) is 9.62. The number of hydrogen-bond acceptors (Lipinski definition) is 3. The van der Waals surface area contributed by atoms with E-state index in [1.54, 1.807) is 11.3 Å². The molecule has 3 aliphatic carbocycles. The van der Waals surface area contributed by atoms with Crippen LogP contribution in [0.5, 0.6) is 0 Å². The summed E-state index contributed by atoms with van der Waals surface area (Å²) in [5, 5.41) is 3.83. The van der Waals surface area contributed by atoms with E-state index in [4.69, 9.17) is 5.73 Å². The average molecular weight is 389 g/mol. The minimum Gasteiger partial charge on any atom is -0.365 e. The first-order valence-electron chi connectivity index (χ1n) is 10.5. The van der Waals surface area contributed by atoms with Crippen molar-refractivity contribution in [1.29, 1.82) is 0 Å². The number of carbonyl (C=O) groups excluding carboxylic acids is 2. The van der Waals surface area contributed by atoms with Crippen molar-refractivity contribution in [1.82, 2.24) is 0 Å². The molecular weight excluding hydrogens is 356 g/mol. The highest BCUT2D eigenvalue weighted by atomic mass is 32.1. The third-order valence-corrected chi connectivity index (χ3v) is 9.01. The molecule has 2 saturated carbocycles. The van der Waals surface area contributed by atoms with Crippen molar-refractivity contribution in [2.24, 2.45) is 34.8 Å². The van der Waals surface area contributed by atoms with E-state index in [1.807, 2.05) is 0 Å². The Kier molecular flexibility index (Phi) is 4.86. The van der Waals surface area contributed by atoms with Gasteiger partial charge in [-0.2, -0.15) is 0 Å². The molecule has 0 saturated heterocycles. The minimum absolute atomic E-state index is 0.105. The van der Waals surface area contributed by atoms with Gasteiger partial charge in [0.25, 0.3) is 5.91 Å². The molecule has 148 valence electrons. The highest BCUT2D eigenvalue weighted by Gasteiger charge is 2.43. The number of thiophene rings is 1. The van der Waals surface area contributed by atoms with Gasteiger partial charge in [0.05, 0.1) is 5.56 Å². The lowest BCUT2D eigenvalue weighted by Gasteiger charge is -2.36. The number of hydrogen-bond donors (Lipinski definition) is 2. The molecule has 27 heavy (non-hydrogen) atoms. The summed E-state index contributed by atoms with van der Waals surface area (Å²) in [6.07, 6.45) is 8.80. The highest BCUT2D eigenvalue weighted by Crippen LogP contribution is 2.49. The lowest BCUT2D eigenvalue weighted by atomic mass is 9.69. The van der Waals surface area contributed by atoms with Crippen LogP contribution in [0.15, 0.2) is 0 Å². The van der Waals surface area contributed by atoms with Crippen molar-refractivity contribution in [2.75, 3.05) is 5.32 Å². The van der Waals surface area contributed by atoms with Crippen molar-refractivity contribution in [3.05, 3.63) is 16.0 Å². The van der Waals surface area contributed by atoms with Gasteiger partial charge in [0, 0.05) is 10.8 Å². The summed E-state index contributed by atoms with van der Waals surface area (Å²) in [5.41, 5.74) is 7.71. The molecule has 0 spiro atoms. The Bertz CT molecular complexity index is 767. The molecule has 0 aromatic carbocycles. The molecule has 1 heterocycles. The molecule has 2 amide bonds. The van der Waals surface area contributed by atoms with Gasteiger partial charge in [-0.25, -0.2) is 0 Å². The van der Waals surface area contributed by atoms with Gasteiger partial charge in [-0.3, -0.25) is 9.59 Å². The van der Waals surface area contributed by atoms with E-state index in [1.165, 1.54) is 24.1 Å². The Morgan fingerprint density at radius 2 is 2.00 bits per heavy atom. The van der Waals surface area contributed by atoms with Crippen LogP contribution in [-0.4, -0.2) is 11.8 Å². The van der Waals surface area contributed by atoms with Crippen molar-refractivity contribution in [2.45, 2.75) is 72.1 Å². The molecular formula is C22H32N2O2S. The molecule has 3 N–H and O–H groups in total. The van der Waals surface area contributed by atoms with Crippen LogP contribution in [0.3, 0.4) is 0 Å². The molecule has 0 radical (unpaired) electrons. The summed E-state index contributed by atoms with van der Waals surface area (Å²) in [5.74, 6) is 1.71. The predicted octanol–water partition coefficient (Wildman–Crippen LogP) is 4.76. The SMILES string of the molecule is CCC(C)(C)[C@H]1CCc2c(sc(NC(=O)[C@@H]3C[C@@H]4CC[C@@H]3C4)c2C(N)=O)C1. The third kappa shape index (κ3) is 3.32. The molecule has 4 nitrogen and oxygen atoms in total. The molecule has 4 rings (SSSR count). The van der Waals surface area contributed by atoms with Crippen LogP contribution in [0.2, 0.25) is 0 Å². The first-order valence-corrected chi connectivity index (χ1v) is 11.4.